The first kappa shape index (κ1) is 9.79. The van der Waals surface area contributed by atoms with Crippen LogP contribution >= 0.6 is 11.6 Å². The molecule has 0 spiro atoms. The van der Waals surface area contributed by atoms with Gasteiger partial charge >= 0.3 is 0 Å². The lowest BCUT2D eigenvalue weighted by Gasteiger charge is -1.98. The van der Waals surface area contributed by atoms with E-state index in [1.54, 1.807) is 31.3 Å². The molecule has 0 unspecified atom stereocenters. The van der Waals surface area contributed by atoms with Crippen LogP contribution in [0.1, 0.15) is 16.2 Å². The first-order valence-corrected chi connectivity index (χ1v) is 4.59. The number of benzene rings is 1. The number of halogens is 1. The van der Waals surface area contributed by atoms with E-state index in [2.05, 4.69) is 15.5 Å². The number of hydrogen-bond donors (Lipinski definition) is 0. The van der Waals surface area contributed by atoms with Crippen molar-refractivity contribution in [2.45, 2.75) is 0 Å². The number of hydrogen-bond acceptors (Lipinski definition) is 4. The molecule has 2 aromatic rings. The molecule has 0 saturated carbocycles. The zero-order valence-electron chi connectivity index (χ0n) is 7.88. The largest absolute Gasteiger partial charge is 0.285 e. The maximum atomic E-state index is 11.8. The van der Waals surface area contributed by atoms with Crippen LogP contribution in [0.5, 0.6) is 0 Å². The maximum absolute atomic E-state index is 11.8. The Morgan fingerprint density at radius 1 is 1.33 bits per heavy atom. The van der Waals surface area contributed by atoms with Gasteiger partial charge in [0.1, 0.15) is 0 Å². The molecule has 0 bridgehead atoms. The molecule has 6 heteroatoms. The molecule has 0 saturated heterocycles. The summed E-state index contributed by atoms with van der Waals surface area (Å²) in [6.07, 6.45) is 0. The number of rotatable bonds is 2. The molecule has 1 aromatic heterocycles. The molecule has 76 valence electrons. The zero-order valence-corrected chi connectivity index (χ0v) is 8.64. The van der Waals surface area contributed by atoms with E-state index in [1.807, 2.05) is 0 Å². The molecule has 2 rings (SSSR count). The Hall–Kier alpha value is -1.75. The summed E-state index contributed by atoms with van der Waals surface area (Å²) in [5.74, 6) is -0.0171. The van der Waals surface area contributed by atoms with Crippen LogP contribution in [0.15, 0.2) is 24.3 Å². The van der Waals surface area contributed by atoms with Crippen LogP contribution in [0.25, 0.3) is 0 Å². The van der Waals surface area contributed by atoms with E-state index in [0.29, 0.717) is 10.6 Å². The van der Waals surface area contributed by atoms with Gasteiger partial charge in [-0.15, -0.1) is 5.10 Å². The molecule has 5 nitrogen and oxygen atoms in total. The summed E-state index contributed by atoms with van der Waals surface area (Å²) in [7, 11) is 1.61. The van der Waals surface area contributed by atoms with E-state index in [-0.39, 0.29) is 11.6 Å². The molecule has 15 heavy (non-hydrogen) atoms. The van der Waals surface area contributed by atoms with Gasteiger partial charge in [-0.2, -0.15) is 0 Å². The standard InChI is InChI=1S/C9H7ClN4O/c1-14-9(11-12-13-14)8(15)6-2-4-7(10)5-3-6/h2-5H,1H3. The second kappa shape index (κ2) is 3.78. The van der Waals surface area contributed by atoms with Crippen LogP contribution in [0.2, 0.25) is 5.02 Å². The number of aryl methyl sites for hydroxylation is 1. The third-order valence-electron chi connectivity index (χ3n) is 1.93. The summed E-state index contributed by atoms with van der Waals surface area (Å²) in [4.78, 5) is 11.8. The minimum Gasteiger partial charge on any atom is -0.285 e. The van der Waals surface area contributed by atoms with Crippen molar-refractivity contribution >= 4 is 17.4 Å². The van der Waals surface area contributed by atoms with Gasteiger partial charge in [-0.25, -0.2) is 4.68 Å². The molecule has 0 aliphatic rings. The van der Waals surface area contributed by atoms with Crippen molar-refractivity contribution in [1.82, 2.24) is 20.2 Å². The van der Waals surface area contributed by atoms with Crippen molar-refractivity contribution in [3.8, 4) is 0 Å². The third kappa shape index (κ3) is 1.87. The van der Waals surface area contributed by atoms with Crippen LogP contribution in [-0.2, 0) is 7.05 Å². The predicted octanol–water partition coefficient (Wildman–Crippen LogP) is 1.09. The second-order valence-electron chi connectivity index (χ2n) is 2.96. The summed E-state index contributed by atoms with van der Waals surface area (Å²) >= 11 is 5.72. The Balaban J connectivity index is 2.37. The monoisotopic (exact) mass is 222 g/mol. The van der Waals surface area contributed by atoms with E-state index in [1.165, 1.54) is 4.68 Å². The lowest BCUT2D eigenvalue weighted by Crippen LogP contribution is -2.09. The van der Waals surface area contributed by atoms with Gasteiger partial charge in [-0.1, -0.05) is 11.6 Å². The summed E-state index contributed by atoms with van der Waals surface area (Å²) in [6.45, 7) is 0. The quantitative estimate of drug-likeness (QED) is 0.714. The average Bonchev–Trinajstić information content (AvgIpc) is 2.65. The minimum atomic E-state index is -0.223. The van der Waals surface area contributed by atoms with Gasteiger partial charge in [0.2, 0.25) is 11.6 Å². The van der Waals surface area contributed by atoms with Gasteiger partial charge in [-0.05, 0) is 34.7 Å². The fraction of sp³-hybridized carbons (Fsp3) is 0.111. The normalized spacial score (nSPS) is 10.3. The second-order valence-corrected chi connectivity index (χ2v) is 3.40. The number of aromatic nitrogens is 4. The van der Waals surface area contributed by atoms with Gasteiger partial charge < -0.3 is 0 Å². The van der Waals surface area contributed by atoms with Crippen molar-refractivity contribution in [2.24, 2.45) is 7.05 Å². The number of carbonyl (C=O) groups excluding carboxylic acids is 1. The average molecular weight is 223 g/mol. The van der Waals surface area contributed by atoms with Crippen molar-refractivity contribution in [2.75, 3.05) is 0 Å². The Morgan fingerprint density at radius 3 is 2.53 bits per heavy atom. The van der Waals surface area contributed by atoms with Gasteiger partial charge in [0.15, 0.2) is 0 Å². The van der Waals surface area contributed by atoms with Crippen molar-refractivity contribution in [3.63, 3.8) is 0 Å². The smallest absolute Gasteiger partial charge is 0.231 e. The SMILES string of the molecule is Cn1nnnc1C(=O)c1ccc(Cl)cc1. The van der Waals surface area contributed by atoms with Gasteiger partial charge in [0, 0.05) is 17.6 Å². The predicted molar refractivity (Wildman–Crippen MR) is 53.7 cm³/mol. The highest BCUT2D eigenvalue weighted by atomic mass is 35.5. The molecule has 0 amide bonds. The van der Waals surface area contributed by atoms with E-state index in [9.17, 15) is 4.79 Å². The highest BCUT2D eigenvalue weighted by molar-refractivity contribution is 6.30. The highest BCUT2D eigenvalue weighted by Crippen LogP contribution is 2.11. The third-order valence-corrected chi connectivity index (χ3v) is 2.18. The van der Waals surface area contributed by atoms with Crippen LogP contribution < -0.4 is 0 Å². The molecule has 1 heterocycles. The molecule has 0 aliphatic heterocycles. The lowest BCUT2D eigenvalue weighted by molar-refractivity contribution is 0.102. The fourth-order valence-electron chi connectivity index (χ4n) is 1.15. The Morgan fingerprint density at radius 2 is 2.00 bits per heavy atom. The molecule has 1 aromatic carbocycles. The van der Waals surface area contributed by atoms with E-state index in [0.717, 1.165) is 0 Å². The van der Waals surface area contributed by atoms with Crippen LogP contribution in [0.4, 0.5) is 0 Å². The molecule has 0 fully saturated rings. The van der Waals surface area contributed by atoms with Gasteiger partial charge in [-0.3, -0.25) is 4.79 Å². The maximum Gasteiger partial charge on any atom is 0.231 e. The molecule has 0 radical (unpaired) electrons. The highest BCUT2D eigenvalue weighted by Gasteiger charge is 2.14. The first-order valence-electron chi connectivity index (χ1n) is 4.21. The number of tetrazole rings is 1. The van der Waals surface area contributed by atoms with Crippen molar-refractivity contribution in [3.05, 3.63) is 40.7 Å². The van der Waals surface area contributed by atoms with Crippen molar-refractivity contribution < 1.29 is 4.79 Å². The Kier molecular flexibility index (Phi) is 2.47. The minimum absolute atomic E-state index is 0.206. The summed E-state index contributed by atoms with van der Waals surface area (Å²) < 4.78 is 1.33. The van der Waals surface area contributed by atoms with Crippen LogP contribution in [-0.4, -0.2) is 26.0 Å². The fourth-order valence-corrected chi connectivity index (χ4v) is 1.28. The summed E-state index contributed by atoms with van der Waals surface area (Å²) in [5.41, 5.74) is 0.511. The first-order chi connectivity index (χ1) is 7.18. The van der Waals surface area contributed by atoms with Crippen molar-refractivity contribution in [1.29, 1.82) is 0 Å². The summed E-state index contributed by atoms with van der Waals surface area (Å²) in [6, 6.07) is 6.58. The molecular formula is C9H7ClN4O. The Bertz CT molecular complexity index is 491. The zero-order chi connectivity index (χ0) is 10.8. The van der Waals surface area contributed by atoms with E-state index in [4.69, 9.17) is 11.6 Å². The molecule has 0 N–H and O–H groups in total. The lowest BCUT2D eigenvalue weighted by atomic mass is 10.1. The number of carbonyl (C=O) groups is 1. The van der Waals surface area contributed by atoms with Crippen LogP contribution in [0.3, 0.4) is 0 Å². The number of ketones is 1. The van der Waals surface area contributed by atoms with E-state index < -0.39 is 0 Å². The van der Waals surface area contributed by atoms with Gasteiger partial charge in [0.05, 0.1) is 0 Å². The van der Waals surface area contributed by atoms with E-state index >= 15 is 0 Å². The molecule has 0 atom stereocenters. The number of nitrogens with zero attached hydrogens (tertiary/aromatic N) is 4. The Labute approximate surface area is 90.7 Å². The summed E-state index contributed by atoms with van der Waals surface area (Å²) in [5, 5.41) is 11.2. The van der Waals surface area contributed by atoms with Gasteiger partial charge in [0.25, 0.3) is 0 Å². The molecular weight excluding hydrogens is 216 g/mol. The topological polar surface area (TPSA) is 60.7 Å². The molecule has 0 aliphatic carbocycles. The van der Waals surface area contributed by atoms with Crippen LogP contribution in [0, 0.1) is 0 Å².